The monoisotopic (exact) mass is 115 g/mol. The Morgan fingerprint density at radius 1 is 1.50 bits per heavy atom. The van der Waals surface area contributed by atoms with Gasteiger partial charge < -0.3 is 15.4 Å². The first kappa shape index (κ1) is 6.07. The highest BCUT2D eigenvalue weighted by atomic mass is 16.4. The molecule has 0 radical (unpaired) electrons. The highest BCUT2D eigenvalue weighted by molar-refractivity contribution is 6.41. The van der Waals surface area contributed by atoms with Crippen LogP contribution in [0.15, 0.2) is 0 Å². The van der Waals surface area contributed by atoms with Gasteiger partial charge in [0.05, 0.1) is 0 Å². The topological polar surface area (TPSA) is 52.5 Å². The Morgan fingerprint density at radius 2 is 2.12 bits per heavy atom. The molecule has 0 amide bonds. The summed E-state index contributed by atoms with van der Waals surface area (Å²) < 4.78 is 0. The van der Waals surface area contributed by atoms with Gasteiger partial charge in [0.1, 0.15) is 0 Å². The van der Waals surface area contributed by atoms with Crippen LogP contribution in [-0.4, -0.2) is 30.3 Å². The van der Waals surface area contributed by atoms with Crippen LogP contribution in [0.1, 0.15) is 0 Å². The Labute approximate surface area is 48.9 Å². The van der Waals surface area contributed by atoms with E-state index in [1.807, 2.05) is 0 Å². The van der Waals surface area contributed by atoms with Gasteiger partial charge in [-0.1, -0.05) is 0 Å². The van der Waals surface area contributed by atoms with Crippen molar-refractivity contribution < 1.29 is 10.0 Å². The Hall–Kier alpha value is -0.0551. The van der Waals surface area contributed by atoms with E-state index in [1.165, 1.54) is 0 Å². The van der Waals surface area contributed by atoms with Gasteiger partial charge in [0.15, 0.2) is 0 Å². The van der Waals surface area contributed by atoms with Crippen LogP contribution in [-0.2, 0) is 0 Å². The van der Waals surface area contributed by atoms with E-state index in [0.717, 1.165) is 13.1 Å². The molecule has 0 saturated carbocycles. The molecule has 0 bridgehead atoms. The predicted molar refractivity (Wildman–Crippen MR) is 31.4 cm³/mol. The second kappa shape index (κ2) is 2.48. The zero-order valence-electron chi connectivity index (χ0n) is 4.67. The molecular weight excluding hydrogens is 105 g/mol. The highest BCUT2D eigenvalue weighted by Crippen LogP contribution is 2.08. The molecule has 1 heterocycles. The normalized spacial score (nSPS) is 20.2. The Morgan fingerprint density at radius 3 is 2.25 bits per heavy atom. The number of hydrogen-bond acceptors (Lipinski definition) is 3. The molecule has 0 unspecified atom stereocenters. The first-order valence-electron chi connectivity index (χ1n) is 2.86. The molecule has 1 aliphatic rings. The summed E-state index contributed by atoms with van der Waals surface area (Å²) in [6, 6.07) is 0. The Balaban J connectivity index is 2.01. The lowest BCUT2D eigenvalue weighted by Gasteiger charge is -2.26. The standard InChI is InChI=1S/C4H10BNO2/c7-5(8)1-4-2-6-3-4/h4,6-8H,1-3H2. The number of nitrogens with one attached hydrogen (secondary N) is 1. The average molecular weight is 115 g/mol. The molecule has 0 aromatic carbocycles. The van der Waals surface area contributed by atoms with Crippen molar-refractivity contribution in [1.82, 2.24) is 5.32 Å². The minimum atomic E-state index is -1.11. The molecule has 3 nitrogen and oxygen atoms in total. The summed E-state index contributed by atoms with van der Waals surface area (Å²) in [6.07, 6.45) is 0.521. The second-order valence-corrected chi connectivity index (χ2v) is 2.24. The van der Waals surface area contributed by atoms with E-state index in [2.05, 4.69) is 5.32 Å². The summed E-state index contributed by atoms with van der Waals surface area (Å²) in [4.78, 5) is 0. The maximum absolute atomic E-state index is 8.42. The lowest BCUT2D eigenvalue weighted by atomic mass is 9.76. The van der Waals surface area contributed by atoms with Gasteiger partial charge in [-0.15, -0.1) is 0 Å². The van der Waals surface area contributed by atoms with Crippen molar-refractivity contribution in [2.24, 2.45) is 5.92 Å². The molecule has 0 aromatic heterocycles. The molecule has 1 rings (SSSR count). The van der Waals surface area contributed by atoms with Crippen molar-refractivity contribution in [2.45, 2.75) is 6.32 Å². The van der Waals surface area contributed by atoms with Crippen LogP contribution in [0, 0.1) is 5.92 Å². The summed E-state index contributed by atoms with van der Waals surface area (Å²) in [5.74, 6) is 0.495. The Bertz CT molecular complexity index is 74.4. The van der Waals surface area contributed by atoms with Crippen LogP contribution in [0.25, 0.3) is 0 Å². The summed E-state index contributed by atoms with van der Waals surface area (Å²) in [7, 11) is -1.11. The molecule has 0 spiro atoms. The molecule has 0 atom stereocenters. The number of hydrogen-bond donors (Lipinski definition) is 3. The fourth-order valence-electron chi connectivity index (χ4n) is 0.813. The lowest BCUT2D eigenvalue weighted by Crippen LogP contribution is -2.43. The van der Waals surface area contributed by atoms with Gasteiger partial charge in [0.25, 0.3) is 0 Å². The van der Waals surface area contributed by atoms with E-state index >= 15 is 0 Å². The van der Waals surface area contributed by atoms with Crippen molar-refractivity contribution in [3.8, 4) is 0 Å². The number of rotatable bonds is 2. The van der Waals surface area contributed by atoms with E-state index < -0.39 is 7.12 Å². The fraction of sp³-hybridized carbons (Fsp3) is 1.00. The van der Waals surface area contributed by atoms with Crippen LogP contribution < -0.4 is 5.32 Å². The largest absolute Gasteiger partial charge is 0.451 e. The molecule has 46 valence electrons. The minimum absolute atomic E-state index is 0.495. The first-order valence-corrected chi connectivity index (χ1v) is 2.86. The molecule has 0 aliphatic carbocycles. The van der Waals surface area contributed by atoms with Crippen LogP contribution in [0.4, 0.5) is 0 Å². The predicted octanol–water partition coefficient (Wildman–Crippen LogP) is -1.32. The van der Waals surface area contributed by atoms with Gasteiger partial charge in [-0.25, -0.2) is 0 Å². The van der Waals surface area contributed by atoms with Crippen molar-refractivity contribution in [3.63, 3.8) is 0 Å². The Kier molecular flexibility index (Phi) is 1.88. The third-order valence-corrected chi connectivity index (χ3v) is 1.41. The fourth-order valence-corrected chi connectivity index (χ4v) is 0.813. The van der Waals surface area contributed by atoms with E-state index in [0.29, 0.717) is 12.2 Å². The lowest BCUT2D eigenvalue weighted by molar-refractivity contribution is 0.331. The van der Waals surface area contributed by atoms with Crippen molar-refractivity contribution in [1.29, 1.82) is 0 Å². The van der Waals surface area contributed by atoms with E-state index in [9.17, 15) is 0 Å². The van der Waals surface area contributed by atoms with Gasteiger partial charge >= 0.3 is 7.12 Å². The van der Waals surface area contributed by atoms with Gasteiger partial charge in [-0.3, -0.25) is 0 Å². The molecule has 1 fully saturated rings. The molecule has 4 heteroatoms. The second-order valence-electron chi connectivity index (χ2n) is 2.24. The molecule has 1 saturated heterocycles. The van der Waals surface area contributed by atoms with Crippen molar-refractivity contribution in [2.75, 3.05) is 13.1 Å². The van der Waals surface area contributed by atoms with E-state index in [4.69, 9.17) is 10.0 Å². The average Bonchev–Trinajstić information content (AvgIpc) is 1.55. The van der Waals surface area contributed by atoms with Crippen molar-refractivity contribution in [3.05, 3.63) is 0 Å². The third-order valence-electron chi connectivity index (χ3n) is 1.41. The van der Waals surface area contributed by atoms with Crippen molar-refractivity contribution >= 4 is 7.12 Å². The van der Waals surface area contributed by atoms with E-state index in [-0.39, 0.29) is 0 Å². The summed E-state index contributed by atoms with van der Waals surface area (Å²) in [5, 5.41) is 19.9. The van der Waals surface area contributed by atoms with Gasteiger partial charge in [-0.2, -0.15) is 0 Å². The molecule has 3 N–H and O–H groups in total. The quantitative estimate of drug-likeness (QED) is 0.391. The van der Waals surface area contributed by atoms with Crippen LogP contribution in [0.3, 0.4) is 0 Å². The maximum atomic E-state index is 8.42. The van der Waals surface area contributed by atoms with Crippen LogP contribution in [0.2, 0.25) is 6.32 Å². The zero-order valence-corrected chi connectivity index (χ0v) is 4.67. The SMILES string of the molecule is OB(O)CC1CNC1. The highest BCUT2D eigenvalue weighted by Gasteiger charge is 2.21. The molecular formula is C4H10BNO2. The summed E-state index contributed by atoms with van der Waals surface area (Å²) >= 11 is 0. The summed E-state index contributed by atoms with van der Waals surface area (Å²) in [6.45, 7) is 1.88. The van der Waals surface area contributed by atoms with Crippen LogP contribution >= 0.6 is 0 Å². The van der Waals surface area contributed by atoms with E-state index in [1.54, 1.807) is 0 Å². The minimum Gasteiger partial charge on any atom is -0.427 e. The molecule has 0 aromatic rings. The summed E-state index contributed by atoms with van der Waals surface area (Å²) in [5.41, 5.74) is 0. The first-order chi connectivity index (χ1) is 3.79. The maximum Gasteiger partial charge on any atom is 0.451 e. The zero-order chi connectivity index (χ0) is 5.98. The molecule has 8 heavy (non-hydrogen) atoms. The van der Waals surface area contributed by atoms with Gasteiger partial charge in [0.2, 0.25) is 0 Å². The van der Waals surface area contributed by atoms with Gasteiger partial charge in [-0.05, 0) is 25.3 Å². The third kappa shape index (κ3) is 1.47. The smallest absolute Gasteiger partial charge is 0.427 e. The van der Waals surface area contributed by atoms with Crippen LogP contribution in [0.5, 0.6) is 0 Å². The molecule has 1 aliphatic heterocycles. The van der Waals surface area contributed by atoms with Gasteiger partial charge in [0, 0.05) is 0 Å².